The molecule has 1 aromatic carbocycles. The van der Waals surface area contributed by atoms with Crippen LogP contribution in [0.25, 0.3) is 0 Å². The molecule has 10 nitrogen and oxygen atoms in total. The summed E-state index contributed by atoms with van der Waals surface area (Å²) in [5.41, 5.74) is 0.174. The zero-order valence-electron chi connectivity index (χ0n) is 17.3. The van der Waals surface area contributed by atoms with Crippen LogP contribution in [-0.4, -0.2) is 54.1 Å². The van der Waals surface area contributed by atoms with Gasteiger partial charge in [0.25, 0.3) is 5.91 Å². The molecule has 1 aliphatic rings. The Morgan fingerprint density at radius 1 is 1.20 bits per heavy atom. The maximum atomic E-state index is 12.6. The second-order valence-corrected chi connectivity index (χ2v) is 7.44. The van der Waals surface area contributed by atoms with E-state index >= 15 is 0 Å². The van der Waals surface area contributed by atoms with Crippen molar-refractivity contribution in [1.29, 1.82) is 0 Å². The summed E-state index contributed by atoms with van der Waals surface area (Å²) in [5.74, 6) is 1.25. The number of anilines is 2. The molecule has 2 aromatic rings. The molecule has 0 unspecified atom stereocenters. The van der Waals surface area contributed by atoms with E-state index in [9.17, 15) is 14.9 Å². The van der Waals surface area contributed by atoms with Crippen LogP contribution in [0.4, 0.5) is 17.5 Å². The van der Waals surface area contributed by atoms with Crippen molar-refractivity contribution in [2.45, 2.75) is 37.8 Å². The van der Waals surface area contributed by atoms with Gasteiger partial charge in [0.15, 0.2) is 5.75 Å². The molecule has 0 spiro atoms. The van der Waals surface area contributed by atoms with Gasteiger partial charge in [-0.2, -0.15) is 4.98 Å². The Morgan fingerprint density at radius 2 is 1.90 bits per heavy atom. The van der Waals surface area contributed by atoms with Crippen LogP contribution in [0.5, 0.6) is 5.75 Å². The lowest BCUT2D eigenvalue weighted by Gasteiger charge is -2.29. The predicted molar refractivity (Wildman–Crippen MR) is 113 cm³/mol. The number of nitro benzene ring substituents is 1. The molecule has 1 fully saturated rings. The summed E-state index contributed by atoms with van der Waals surface area (Å²) >= 11 is 0. The van der Waals surface area contributed by atoms with Gasteiger partial charge in [0, 0.05) is 50.1 Å². The van der Waals surface area contributed by atoms with E-state index in [1.807, 2.05) is 25.1 Å². The molecule has 1 aromatic heterocycles. The molecule has 1 aliphatic carbocycles. The second kappa shape index (κ2) is 9.38. The van der Waals surface area contributed by atoms with Gasteiger partial charge in [0.2, 0.25) is 5.95 Å². The molecule has 0 atom stereocenters. The lowest BCUT2D eigenvalue weighted by molar-refractivity contribution is -0.385. The highest BCUT2D eigenvalue weighted by Gasteiger charge is 2.24. The van der Waals surface area contributed by atoms with E-state index < -0.39 is 4.92 Å². The molecular weight excluding hydrogens is 388 g/mol. The van der Waals surface area contributed by atoms with Gasteiger partial charge in [-0.1, -0.05) is 0 Å². The molecule has 1 amide bonds. The minimum Gasteiger partial charge on any atom is -0.490 e. The number of methoxy groups -OCH3 is 1. The van der Waals surface area contributed by atoms with Crippen molar-refractivity contribution < 1.29 is 14.5 Å². The molecule has 1 saturated carbocycles. The lowest BCUT2D eigenvalue weighted by atomic mass is 9.91. The molecule has 160 valence electrons. The quantitative estimate of drug-likeness (QED) is 0.524. The highest BCUT2D eigenvalue weighted by atomic mass is 16.6. The van der Waals surface area contributed by atoms with Crippen LogP contribution < -0.4 is 20.3 Å². The number of nitrogens with zero attached hydrogens (tertiary/aromatic N) is 4. The number of benzene rings is 1. The first-order valence-electron chi connectivity index (χ1n) is 9.77. The predicted octanol–water partition coefficient (Wildman–Crippen LogP) is 2.61. The van der Waals surface area contributed by atoms with E-state index in [1.165, 1.54) is 25.3 Å². The number of rotatable bonds is 7. The average molecular weight is 414 g/mol. The topological polar surface area (TPSA) is 123 Å². The van der Waals surface area contributed by atoms with Crippen LogP contribution in [0.15, 0.2) is 30.5 Å². The highest BCUT2D eigenvalue weighted by molar-refractivity contribution is 5.95. The van der Waals surface area contributed by atoms with Gasteiger partial charge in [-0.25, -0.2) is 4.98 Å². The number of amides is 1. The van der Waals surface area contributed by atoms with Crippen LogP contribution in [-0.2, 0) is 0 Å². The molecule has 0 saturated heterocycles. The van der Waals surface area contributed by atoms with Crippen molar-refractivity contribution in [3.63, 3.8) is 0 Å². The molecule has 30 heavy (non-hydrogen) atoms. The zero-order valence-corrected chi connectivity index (χ0v) is 17.3. The van der Waals surface area contributed by atoms with Crippen molar-refractivity contribution in [1.82, 2.24) is 15.3 Å². The number of hydrogen-bond acceptors (Lipinski definition) is 8. The van der Waals surface area contributed by atoms with E-state index in [0.717, 1.165) is 31.5 Å². The third kappa shape index (κ3) is 5.13. The summed E-state index contributed by atoms with van der Waals surface area (Å²) < 4.78 is 5.04. The summed E-state index contributed by atoms with van der Waals surface area (Å²) in [7, 11) is 5.21. The molecule has 2 N–H and O–H groups in total. The highest BCUT2D eigenvalue weighted by Crippen LogP contribution is 2.28. The first-order valence-corrected chi connectivity index (χ1v) is 9.77. The zero-order chi connectivity index (χ0) is 21.7. The third-order valence-corrected chi connectivity index (χ3v) is 5.13. The number of carbonyl (C=O) groups is 1. The minimum atomic E-state index is -0.535. The molecule has 1 heterocycles. The Labute approximate surface area is 174 Å². The fourth-order valence-electron chi connectivity index (χ4n) is 3.47. The van der Waals surface area contributed by atoms with Gasteiger partial charge in [0.1, 0.15) is 5.82 Å². The number of hydrogen-bond donors (Lipinski definition) is 2. The fourth-order valence-corrected chi connectivity index (χ4v) is 3.47. The van der Waals surface area contributed by atoms with Gasteiger partial charge in [-0.3, -0.25) is 14.9 Å². The second-order valence-electron chi connectivity index (χ2n) is 7.44. The maximum Gasteiger partial charge on any atom is 0.310 e. The van der Waals surface area contributed by atoms with E-state index in [1.54, 1.807) is 6.20 Å². The Bertz CT molecular complexity index is 912. The smallest absolute Gasteiger partial charge is 0.310 e. The number of nitro groups is 1. The fraction of sp³-hybridized carbons (Fsp3) is 0.450. The normalized spacial score (nSPS) is 18.4. The summed E-state index contributed by atoms with van der Waals surface area (Å²) in [5, 5.41) is 17.4. The van der Waals surface area contributed by atoms with Gasteiger partial charge in [0.05, 0.1) is 12.0 Å². The largest absolute Gasteiger partial charge is 0.490 e. The molecule has 0 radical (unpaired) electrons. The minimum absolute atomic E-state index is 0.0470. The van der Waals surface area contributed by atoms with E-state index in [4.69, 9.17) is 4.74 Å². The summed E-state index contributed by atoms with van der Waals surface area (Å²) in [4.78, 5) is 33.7. The van der Waals surface area contributed by atoms with Crippen LogP contribution in [0.3, 0.4) is 0 Å². The summed E-state index contributed by atoms with van der Waals surface area (Å²) in [6.07, 6.45) is 5.13. The van der Waals surface area contributed by atoms with Gasteiger partial charge < -0.3 is 20.3 Å². The van der Waals surface area contributed by atoms with Crippen molar-refractivity contribution >= 4 is 23.4 Å². The van der Waals surface area contributed by atoms with Crippen LogP contribution in [0.1, 0.15) is 36.0 Å². The Hall–Kier alpha value is -3.43. The number of ether oxygens (including phenoxy) is 1. The van der Waals surface area contributed by atoms with Gasteiger partial charge in [-0.05, 0) is 37.8 Å². The number of aromatic nitrogens is 2. The maximum absolute atomic E-state index is 12.6. The average Bonchev–Trinajstić information content (AvgIpc) is 2.74. The Morgan fingerprint density at radius 3 is 2.53 bits per heavy atom. The Balaban J connectivity index is 1.54. The first kappa shape index (κ1) is 21.3. The van der Waals surface area contributed by atoms with E-state index in [2.05, 4.69) is 20.6 Å². The van der Waals surface area contributed by atoms with Crippen LogP contribution in [0, 0.1) is 10.1 Å². The SMILES string of the molecule is COc1cc(C(=O)NC2CCC(Nc3nccc(N(C)C)n3)CC2)ccc1[N+](=O)[O-]. The molecule has 10 heteroatoms. The Kier molecular flexibility index (Phi) is 6.65. The first-order chi connectivity index (χ1) is 14.4. The molecule has 3 rings (SSSR count). The van der Waals surface area contributed by atoms with Crippen LogP contribution in [0.2, 0.25) is 0 Å². The number of nitrogens with one attached hydrogen (secondary N) is 2. The molecule has 0 aliphatic heterocycles. The summed E-state index contributed by atoms with van der Waals surface area (Å²) in [6.45, 7) is 0. The number of carbonyl (C=O) groups excluding carboxylic acids is 1. The standard InChI is InChI=1S/C20H26N6O4/c1-25(2)18-10-11-21-20(24-18)23-15-7-5-14(6-8-15)22-19(27)13-4-9-16(26(28)29)17(12-13)30-3/h4,9-12,14-15H,5-8H2,1-3H3,(H,22,27)(H,21,23,24). The molecule has 0 bridgehead atoms. The van der Waals surface area contributed by atoms with E-state index in [0.29, 0.717) is 11.5 Å². The van der Waals surface area contributed by atoms with Crippen molar-refractivity contribution in [3.05, 3.63) is 46.1 Å². The monoisotopic (exact) mass is 414 g/mol. The third-order valence-electron chi connectivity index (χ3n) is 5.13. The lowest BCUT2D eigenvalue weighted by Crippen LogP contribution is -2.40. The van der Waals surface area contributed by atoms with E-state index in [-0.39, 0.29) is 29.4 Å². The van der Waals surface area contributed by atoms with Gasteiger partial charge in [-0.15, -0.1) is 0 Å². The van der Waals surface area contributed by atoms with Crippen molar-refractivity contribution in [2.24, 2.45) is 0 Å². The van der Waals surface area contributed by atoms with Crippen molar-refractivity contribution in [2.75, 3.05) is 31.4 Å². The van der Waals surface area contributed by atoms with Crippen LogP contribution >= 0.6 is 0 Å². The molecular formula is C20H26N6O4. The van der Waals surface area contributed by atoms with Gasteiger partial charge >= 0.3 is 5.69 Å². The van der Waals surface area contributed by atoms with Crippen molar-refractivity contribution in [3.8, 4) is 5.75 Å². The summed E-state index contributed by atoms with van der Waals surface area (Å²) in [6, 6.07) is 6.27.